The minimum atomic E-state index is -0.0564. The summed E-state index contributed by atoms with van der Waals surface area (Å²) in [7, 11) is 0. The van der Waals surface area contributed by atoms with Crippen LogP contribution in [0.3, 0.4) is 0 Å². The predicted molar refractivity (Wildman–Crippen MR) is 85.2 cm³/mol. The topological polar surface area (TPSA) is 63.4 Å². The lowest BCUT2D eigenvalue weighted by atomic mass is 9.99. The van der Waals surface area contributed by atoms with Gasteiger partial charge in [0.15, 0.2) is 5.78 Å². The van der Waals surface area contributed by atoms with Crippen LogP contribution in [0, 0.1) is 0 Å². The number of rotatable bonds is 2. The zero-order valence-electron chi connectivity index (χ0n) is 11.8. The van der Waals surface area contributed by atoms with Gasteiger partial charge in [0, 0.05) is 28.9 Å². The molecule has 0 spiro atoms. The van der Waals surface area contributed by atoms with Gasteiger partial charge in [-0.25, -0.2) is 0 Å². The van der Waals surface area contributed by atoms with E-state index in [1.807, 2.05) is 18.2 Å². The Morgan fingerprint density at radius 1 is 1.33 bits per heavy atom. The smallest absolute Gasteiger partial charge is 0.268 e. The molecule has 108 valence electrons. The van der Waals surface area contributed by atoms with Crippen LogP contribution < -0.4 is 10.6 Å². The van der Waals surface area contributed by atoms with Crippen LogP contribution in [0.15, 0.2) is 29.6 Å². The molecule has 0 unspecified atom stereocenters. The number of hydrogen-bond donors (Lipinski definition) is 1. The second-order valence-electron chi connectivity index (χ2n) is 5.16. The third kappa shape index (κ3) is 2.45. The molecular formula is C16H16N2O2S. The maximum atomic E-state index is 12.7. The lowest BCUT2D eigenvalue weighted by molar-refractivity contribution is 0.0989. The first-order valence-electron chi connectivity index (χ1n) is 6.86. The molecule has 0 radical (unpaired) electrons. The summed E-state index contributed by atoms with van der Waals surface area (Å²) in [6, 6.07) is 7.35. The van der Waals surface area contributed by atoms with Crippen molar-refractivity contribution < 1.29 is 9.59 Å². The number of ketones is 1. The van der Waals surface area contributed by atoms with E-state index >= 15 is 0 Å². The van der Waals surface area contributed by atoms with Crippen molar-refractivity contribution >= 4 is 34.4 Å². The number of carbonyl (C=O) groups excluding carboxylic acids is 2. The summed E-state index contributed by atoms with van der Waals surface area (Å²) >= 11 is 1.32. The van der Waals surface area contributed by atoms with Gasteiger partial charge < -0.3 is 10.6 Å². The van der Waals surface area contributed by atoms with Gasteiger partial charge in [0.2, 0.25) is 0 Å². The van der Waals surface area contributed by atoms with E-state index in [1.54, 1.807) is 16.3 Å². The first-order valence-corrected chi connectivity index (χ1v) is 7.74. The molecule has 2 aromatic rings. The van der Waals surface area contributed by atoms with Crippen LogP contribution in [0.2, 0.25) is 0 Å². The maximum Gasteiger partial charge on any atom is 0.268 e. The number of anilines is 2. The van der Waals surface area contributed by atoms with Gasteiger partial charge in [-0.3, -0.25) is 9.59 Å². The zero-order valence-corrected chi connectivity index (χ0v) is 12.6. The Morgan fingerprint density at radius 2 is 2.14 bits per heavy atom. The number of fused-ring (bicyclic) bond motifs is 1. The fourth-order valence-electron chi connectivity index (χ4n) is 2.63. The summed E-state index contributed by atoms with van der Waals surface area (Å²) in [4.78, 5) is 26.4. The molecule has 1 aromatic heterocycles. The fraction of sp³-hybridized carbons (Fsp3) is 0.250. The number of nitrogen functional groups attached to an aromatic ring is 1. The van der Waals surface area contributed by atoms with Crippen molar-refractivity contribution in [1.29, 1.82) is 0 Å². The van der Waals surface area contributed by atoms with E-state index in [-0.39, 0.29) is 11.7 Å². The number of Topliss-reactive ketones (excluding diaryl/α,β-unsaturated/α-hetero) is 1. The largest absolute Gasteiger partial charge is 0.398 e. The predicted octanol–water partition coefficient (Wildman–Crippen LogP) is 3.13. The molecule has 0 saturated heterocycles. The number of benzene rings is 1. The van der Waals surface area contributed by atoms with Crippen LogP contribution >= 0.6 is 11.3 Å². The molecule has 0 aliphatic carbocycles. The second-order valence-corrected chi connectivity index (χ2v) is 6.07. The third-order valence-corrected chi connectivity index (χ3v) is 4.67. The summed E-state index contributed by atoms with van der Waals surface area (Å²) < 4.78 is 0. The summed E-state index contributed by atoms with van der Waals surface area (Å²) in [6.45, 7) is 2.19. The number of thiophene rings is 1. The Hall–Kier alpha value is -2.14. The first-order chi connectivity index (χ1) is 10.1. The van der Waals surface area contributed by atoms with E-state index in [4.69, 9.17) is 5.73 Å². The van der Waals surface area contributed by atoms with Gasteiger partial charge in [-0.1, -0.05) is 6.07 Å². The monoisotopic (exact) mass is 300 g/mol. The standard InChI is InChI=1S/C16H16N2O2S/c1-10(19)11-8-15(21-9-11)16(20)18-7-3-4-12-13(17)5-2-6-14(12)18/h2,5-6,8-9H,3-4,7,17H2,1H3. The minimum Gasteiger partial charge on any atom is -0.398 e. The molecule has 3 rings (SSSR count). The highest BCUT2D eigenvalue weighted by Gasteiger charge is 2.25. The number of hydrogen-bond acceptors (Lipinski definition) is 4. The molecule has 1 amide bonds. The molecule has 4 nitrogen and oxygen atoms in total. The van der Waals surface area contributed by atoms with Gasteiger partial charge in [0.05, 0.1) is 4.88 Å². The molecule has 1 aliphatic heterocycles. The van der Waals surface area contributed by atoms with E-state index < -0.39 is 0 Å². The van der Waals surface area contributed by atoms with Crippen molar-refractivity contribution in [1.82, 2.24) is 0 Å². The minimum absolute atomic E-state index is 0.0198. The molecule has 0 saturated carbocycles. The molecule has 5 heteroatoms. The molecular weight excluding hydrogens is 284 g/mol. The molecule has 1 aliphatic rings. The van der Waals surface area contributed by atoms with Gasteiger partial charge in [0.25, 0.3) is 5.91 Å². The fourth-order valence-corrected chi connectivity index (χ4v) is 3.52. The van der Waals surface area contributed by atoms with Crippen molar-refractivity contribution in [3.8, 4) is 0 Å². The van der Waals surface area contributed by atoms with E-state index in [0.29, 0.717) is 17.0 Å². The molecule has 0 bridgehead atoms. The highest BCUT2D eigenvalue weighted by Crippen LogP contribution is 2.33. The van der Waals surface area contributed by atoms with Gasteiger partial charge in [-0.15, -0.1) is 11.3 Å². The van der Waals surface area contributed by atoms with Crippen molar-refractivity contribution in [2.45, 2.75) is 19.8 Å². The summed E-state index contributed by atoms with van der Waals surface area (Å²) in [5.74, 6) is -0.0763. The van der Waals surface area contributed by atoms with Crippen molar-refractivity contribution in [3.63, 3.8) is 0 Å². The third-order valence-electron chi connectivity index (χ3n) is 3.75. The van der Waals surface area contributed by atoms with E-state index in [9.17, 15) is 9.59 Å². The van der Waals surface area contributed by atoms with Crippen LogP contribution in [-0.2, 0) is 6.42 Å². The molecule has 1 aromatic carbocycles. The maximum absolute atomic E-state index is 12.7. The highest BCUT2D eigenvalue weighted by atomic mass is 32.1. The van der Waals surface area contributed by atoms with E-state index in [0.717, 1.165) is 29.8 Å². The Bertz CT molecular complexity index is 721. The average Bonchev–Trinajstić information content (AvgIpc) is 2.96. The van der Waals surface area contributed by atoms with Gasteiger partial charge in [-0.2, -0.15) is 0 Å². The molecule has 0 fully saturated rings. The van der Waals surface area contributed by atoms with Crippen LogP contribution in [0.4, 0.5) is 11.4 Å². The Kier molecular flexibility index (Phi) is 3.51. The van der Waals surface area contributed by atoms with Crippen LogP contribution in [-0.4, -0.2) is 18.2 Å². The SMILES string of the molecule is CC(=O)c1csc(C(=O)N2CCCc3c(N)cccc32)c1. The molecule has 2 heterocycles. The van der Waals surface area contributed by atoms with Crippen LogP contribution in [0.25, 0.3) is 0 Å². The number of nitrogens with zero attached hydrogens (tertiary/aromatic N) is 1. The molecule has 2 N–H and O–H groups in total. The van der Waals surface area contributed by atoms with Gasteiger partial charge >= 0.3 is 0 Å². The average molecular weight is 300 g/mol. The van der Waals surface area contributed by atoms with Crippen LogP contribution in [0.1, 0.15) is 38.9 Å². The molecule has 0 atom stereocenters. The summed E-state index contributed by atoms with van der Waals surface area (Å²) in [6.07, 6.45) is 1.80. The number of nitrogens with two attached hydrogens (primary N) is 1. The lowest BCUT2D eigenvalue weighted by Gasteiger charge is -2.29. The van der Waals surface area contributed by atoms with Crippen LogP contribution in [0.5, 0.6) is 0 Å². The molecule has 21 heavy (non-hydrogen) atoms. The summed E-state index contributed by atoms with van der Waals surface area (Å²) in [5.41, 5.74) is 9.27. The van der Waals surface area contributed by atoms with Gasteiger partial charge in [0.1, 0.15) is 0 Å². The zero-order chi connectivity index (χ0) is 15.0. The Labute approximate surface area is 127 Å². The normalized spacial score (nSPS) is 13.9. The second kappa shape index (κ2) is 5.33. The van der Waals surface area contributed by atoms with Crippen molar-refractivity contribution in [3.05, 3.63) is 45.6 Å². The summed E-state index contributed by atoms with van der Waals surface area (Å²) in [5, 5.41) is 1.74. The van der Waals surface area contributed by atoms with E-state index in [1.165, 1.54) is 18.3 Å². The van der Waals surface area contributed by atoms with E-state index in [2.05, 4.69) is 0 Å². The highest BCUT2D eigenvalue weighted by molar-refractivity contribution is 7.12. The Balaban J connectivity index is 1.96. The quantitative estimate of drug-likeness (QED) is 0.684. The lowest BCUT2D eigenvalue weighted by Crippen LogP contribution is -2.35. The van der Waals surface area contributed by atoms with Crippen molar-refractivity contribution in [2.75, 3.05) is 17.2 Å². The number of amides is 1. The van der Waals surface area contributed by atoms with Crippen molar-refractivity contribution in [2.24, 2.45) is 0 Å². The number of carbonyl (C=O) groups is 2. The Morgan fingerprint density at radius 3 is 2.86 bits per heavy atom. The van der Waals surface area contributed by atoms with Gasteiger partial charge in [-0.05, 0) is 43.5 Å². The first kappa shape index (κ1) is 13.8.